The molecule has 0 fully saturated rings. The number of nitrogens with zero attached hydrogens (tertiary/aromatic N) is 4. The number of carbonyl (C=O) groups is 2. The van der Waals surface area contributed by atoms with Gasteiger partial charge in [0, 0.05) is 37.4 Å². The molecule has 0 saturated carbocycles. The molecule has 0 bridgehead atoms. The zero-order valence-electron chi connectivity index (χ0n) is 28.0. The molecule has 4 rings (SSSR count). The summed E-state index contributed by atoms with van der Waals surface area (Å²) in [5.74, 6) is -0.399. The van der Waals surface area contributed by atoms with Gasteiger partial charge in [0.1, 0.15) is 6.61 Å². The molecule has 0 radical (unpaired) electrons. The molecule has 262 valence electrons. The summed E-state index contributed by atoms with van der Waals surface area (Å²) in [5, 5.41) is 8.68. The summed E-state index contributed by atoms with van der Waals surface area (Å²) < 4.78 is 48.6. The van der Waals surface area contributed by atoms with Gasteiger partial charge in [-0.25, -0.2) is 4.79 Å². The lowest BCUT2D eigenvalue weighted by Gasteiger charge is -2.21. The number of nitrogens with one attached hydrogen (secondary N) is 3. The summed E-state index contributed by atoms with van der Waals surface area (Å²) >= 11 is 0. The van der Waals surface area contributed by atoms with Gasteiger partial charge in [0.2, 0.25) is 11.9 Å². The zero-order chi connectivity index (χ0) is 35.6. The van der Waals surface area contributed by atoms with Gasteiger partial charge in [0.05, 0.1) is 0 Å². The van der Waals surface area contributed by atoms with E-state index in [4.69, 9.17) is 9.47 Å². The highest BCUT2D eigenvalue weighted by atomic mass is 19.4. The van der Waals surface area contributed by atoms with Crippen LogP contribution in [0.2, 0.25) is 0 Å². The number of amides is 2. The molecule has 1 heterocycles. The molecule has 14 heteroatoms. The molecule has 1 aromatic heterocycles. The third kappa shape index (κ3) is 13.7. The van der Waals surface area contributed by atoms with Gasteiger partial charge in [0.15, 0.2) is 6.61 Å². The fraction of sp³-hybridized carbons (Fsp3) is 0.343. The lowest BCUT2D eigenvalue weighted by atomic mass is 10.1. The van der Waals surface area contributed by atoms with Gasteiger partial charge in [-0.05, 0) is 48.7 Å². The summed E-state index contributed by atoms with van der Waals surface area (Å²) in [7, 11) is 0. The van der Waals surface area contributed by atoms with Gasteiger partial charge in [-0.15, -0.1) is 0 Å². The molecule has 0 unspecified atom stereocenters. The van der Waals surface area contributed by atoms with Crippen molar-refractivity contribution < 1.29 is 32.2 Å². The van der Waals surface area contributed by atoms with Crippen LogP contribution in [0, 0.1) is 6.92 Å². The summed E-state index contributed by atoms with van der Waals surface area (Å²) in [6.07, 6.45) is -4.31. The molecule has 0 aliphatic heterocycles. The van der Waals surface area contributed by atoms with Crippen molar-refractivity contribution in [3.8, 4) is 6.01 Å². The van der Waals surface area contributed by atoms with Gasteiger partial charge >= 0.3 is 18.3 Å². The van der Waals surface area contributed by atoms with Crippen LogP contribution >= 0.6 is 0 Å². The molecular weight excluding hydrogens is 639 g/mol. The Morgan fingerprint density at radius 2 is 1.51 bits per heavy atom. The number of rotatable bonds is 15. The van der Waals surface area contributed by atoms with Crippen molar-refractivity contribution in [1.82, 2.24) is 25.2 Å². The van der Waals surface area contributed by atoms with E-state index in [9.17, 15) is 22.8 Å². The molecule has 2 amide bonds. The largest absolute Gasteiger partial charge is 0.454 e. The Morgan fingerprint density at radius 3 is 2.16 bits per heavy atom. The lowest BCUT2D eigenvalue weighted by Crippen LogP contribution is -2.39. The highest BCUT2D eigenvalue weighted by Gasteiger charge is 2.29. The predicted octanol–water partition coefficient (Wildman–Crippen LogP) is 7.28. The van der Waals surface area contributed by atoms with Crippen molar-refractivity contribution in [2.24, 2.45) is 0 Å². The Bertz CT molecular complexity index is 1590. The number of benzene rings is 3. The van der Waals surface area contributed by atoms with E-state index in [1.165, 1.54) is 0 Å². The van der Waals surface area contributed by atoms with E-state index < -0.39 is 24.9 Å². The average molecular weight is 682 g/mol. The van der Waals surface area contributed by atoms with Crippen molar-refractivity contribution in [3.05, 3.63) is 101 Å². The van der Waals surface area contributed by atoms with Crippen molar-refractivity contribution in [2.75, 3.05) is 36.9 Å². The number of aryl methyl sites for hydroxylation is 1. The summed E-state index contributed by atoms with van der Waals surface area (Å²) in [5.41, 5.74) is 3.70. The smallest absolute Gasteiger partial charge is 0.422 e. The quantitative estimate of drug-likeness (QED) is 0.119. The van der Waals surface area contributed by atoms with E-state index in [0.717, 1.165) is 23.1 Å². The summed E-state index contributed by atoms with van der Waals surface area (Å²) in [4.78, 5) is 39.1. The van der Waals surface area contributed by atoms with Crippen LogP contribution in [0.5, 0.6) is 6.01 Å². The second-order valence-corrected chi connectivity index (χ2v) is 10.5. The number of carbonyl (C=O) groups excluding carboxylic acids is 2. The summed E-state index contributed by atoms with van der Waals surface area (Å²) in [6.45, 7) is 7.77. The van der Waals surface area contributed by atoms with Crippen LogP contribution in [0.25, 0.3) is 0 Å². The fourth-order valence-electron chi connectivity index (χ4n) is 4.20. The van der Waals surface area contributed by atoms with E-state index in [-0.39, 0.29) is 37.5 Å². The first-order valence-corrected chi connectivity index (χ1v) is 15.9. The number of hydrogen-bond acceptors (Lipinski definition) is 9. The summed E-state index contributed by atoms with van der Waals surface area (Å²) in [6, 6.07) is 22.9. The molecular formula is C35H42F3N7O4. The van der Waals surface area contributed by atoms with E-state index in [2.05, 4.69) is 30.9 Å². The van der Waals surface area contributed by atoms with Gasteiger partial charge in [-0.3, -0.25) is 4.79 Å². The van der Waals surface area contributed by atoms with Crippen molar-refractivity contribution in [1.29, 1.82) is 0 Å². The first kappa shape index (κ1) is 38.1. The Balaban J connectivity index is 0.00000319. The SMILES string of the molecule is CC.CCCN(CCNC(=O)c1ccc(Nc2nc(NCc3ccc(C)cc3)nc(OCC(F)(F)F)n2)cc1)C(=O)OCc1ccccc1. The molecule has 3 aromatic carbocycles. The van der Waals surface area contributed by atoms with Crippen molar-refractivity contribution in [2.45, 2.75) is 53.4 Å². The minimum absolute atomic E-state index is 0.0114. The number of aromatic nitrogens is 3. The van der Waals surface area contributed by atoms with Crippen LogP contribution in [0.1, 0.15) is 54.2 Å². The van der Waals surface area contributed by atoms with Crippen molar-refractivity contribution >= 4 is 29.6 Å². The van der Waals surface area contributed by atoms with Crippen LogP contribution in [0.4, 0.5) is 35.5 Å². The van der Waals surface area contributed by atoms with Gasteiger partial charge < -0.3 is 30.3 Å². The molecule has 0 saturated heterocycles. The maximum atomic E-state index is 12.8. The Morgan fingerprint density at radius 1 is 0.837 bits per heavy atom. The van der Waals surface area contributed by atoms with Gasteiger partial charge in [-0.2, -0.15) is 28.1 Å². The monoisotopic (exact) mass is 681 g/mol. The van der Waals surface area contributed by atoms with Gasteiger partial charge in [0.25, 0.3) is 5.91 Å². The number of hydrogen-bond donors (Lipinski definition) is 3. The molecule has 0 atom stereocenters. The molecule has 4 aromatic rings. The third-order valence-electron chi connectivity index (χ3n) is 6.58. The maximum absolute atomic E-state index is 12.8. The second-order valence-electron chi connectivity index (χ2n) is 10.5. The zero-order valence-corrected chi connectivity index (χ0v) is 28.0. The fourth-order valence-corrected chi connectivity index (χ4v) is 4.20. The molecule has 3 N–H and O–H groups in total. The van der Waals surface area contributed by atoms with Crippen LogP contribution in [0.3, 0.4) is 0 Å². The Hall–Kier alpha value is -5.40. The normalized spacial score (nSPS) is 10.7. The van der Waals surface area contributed by atoms with Crippen LogP contribution < -0.4 is 20.7 Å². The second kappa shape index (κ2) is 19.4. The predicted molar refractivity (Wildman–Crippen MR) is 182 cm³/mol. The molecule has 11 nitrogen and oxygen atoms in total. The molecule has 0 aliphatic carbocycles. The van der Waals surface area contributed by atoms with Crippen molar-refractivity contribution in [3.63, 3.8) is 0 Å². The molecule has 0 spiro atoms. The van der Waals surface area contributed by atoms with Crippen LogP contribution in [-0.4, -0.2) is 64.3 Å². The minimum atomic E-state index is -4.58. The topological polar surface area (TPSA) is 131 Å². The highest BCUT2D eigenvalue weighted by molar-refractivity contribution is 5.94. The average Bonchev–Trinajstić information content (AvgIpc) is 3.10. The minimum Gasteiger partial charge on any atom is -0.454 e. The van der Waals surface area contributed by atoms with E-state index in [1.54, 1.807) is 29.2 Å². The van der Waals surface area contributed by atoms with E-state index in [1.807, 2.05) is 82.3 Å². The Labute approximate surface area is 284 Å². The Kier molecular flexibility index (Phi) is 15.1. The highest BCUT2D eigenvalue weighted by Crippen LogP contribution is 2.21. The van der Waals surface area contributed by atoms with Gasteiger partial charge in [-0.1, -0.05) is 80.9 Å². The third-order valence-corrected chi connectivity index (χ3v) is 6.58. The lowest BCUT2D eigenvalue weighted by molar-refractivity contribution is -0.154. The van der Waals surface area contributed by atoms with E-state index >= 15 is 0 Å². The molecule has 49 heavy (non-hydrogen) atoms. The maximum Gasteiger partial charge on any atom is 0.422 e. The molecule has 0 aliphatic rings. The standard InChI is InChI=1S/C33H36F3N7O4.C2H6/c1-3-18-43(32(45)46-21-25-7-5-4-6-8-25)19-17-37-28(44)26-13-15-27(16-14-26)39-30-40-29(38-20-24-11-9-23(2)10-12-24)41-31(42-30)47-22-33(34,35)36;1-2/h4-16H,3,17-22H2,1-2H3,(H,37,44)(H2,38,39,40,41,42);1-2H3. The number of halogens is 3. The van der Waals surface area contributed by atoms with E-state index in [0.29, 0.717) is 24.3 Å². The first-order valence-electron chi connectivity index (χ1n) is 15.9. The number of anilines is 3. The van der Waals surface area contributed by atoms with Crippen LogP contribution in [-0.2, 0) is 17.9 Å². The first-order chi connectivity index (χ1) is 23.6. The van der Waals surface area contributed by atoms with Crippen LogP contribution in [0.15, 0.2) is 78.9 Å². The number of alkyl halides is 3. The number of ether oxygens (including phenoxy) is 2.